The number of carbonyl (C=O) groups excluding carboxylic acids is 1. The summed E-state index contributed by atoms with van der Waals surface area (Å²) in [5.74, 6) is 0.775. The van der Waals surface area contributed by atoms with Crippen molar-refractivity contribution in [2.45, 2.75) is 66.3 Å². The average Bonchev–Trinajstić information content (AvgIpc) is 2.54. The fraction of sp³-hybridized carbons (Fsp3) is 0.941. The predicted molar refractivity (Wildman–Crippen MR) is 94.7 cm³/mol. The number of hydrogen-bond acceptors (Lipinski definition) is 3. The summed E-state index contributed by atoms with van der Waals surface area (Å²) in [6.07, 6.45) is 3.23. The maximum atomic E-state index is 13.0. The highest BCUT2D eigenvalue weighted by Gasteiger charge is 2.34. The van der Waals surface area contributed by atoms with Gasteiger partial charge in [0.15, 0.2) is 0 Å². The first-order chi connectivity index (χ1) is 10.8. The van der Waals surface area contributed by atoms with Crippen molar-refractivity contribution in [1.29, 1.82) is 0 Å². The van der Waals surface area contributed by atoms with Gasteiger partial charge >= 0.3 is 0 Å². The van der Waals surface area contributed by atoms with E-state index in [0.29, 0.717) is 37.9 Å². The van der Waals surface area contributed by atoms with Gasteiger partial charge in [0.1, 0.15) is 0 Å². The predicted octanol–water partition coefficient (Wildman–Crippen LogP) is 2.72. The molecule has 136 valence electrons. The lowest BCUT2D eigenvalue weighted by molar-refractivity contribution is -0.140. The molecule has 0 saturated carbocycles. The standard InChI is InChI=1S/C17H34N2O3S/c1-6-16(7-2)19(13-14(4)5)17(20)15-9-11-18(12-10-15)23(21,22)8-3/h14-16H,6-13H2,1-5H3. The molecular weight excluding hydrogens is 312 g/mol. The summed E-state index contributed by atoms with van der Waals surface area (Å²) in [5.41, 5.74) is 0. The molecule has 1 aliphatic rings. The van der Waals surface area contributed by atoms with Crippen LogP contribution in [0.4, 0.5) is 0 Å². The van der Waals surface area contributed by atoms with Crippen LogP contribution in [0.15, 0.2) is 0 Å². The Morgan fingerprint density at radius 2 is 1.65 bits per heavy atom. The second kappa shape index (κ2) is 9.02. The number of hydrogen-bond donors (Lipinski definition) is 0. The maximum Gasteiger partial charge on any atom is 0.226 e. The van der Waals surface area contributed by atoms with Gasteiger partial charge < -0.3 is 4.90 Å². The smallest absolute Gasteiger partial charge is 0.226 e. The number of amides is 1. The highest BCUT2D eigenvalue weighted by molar-refractivity contribution is 7.89. The molecule has 0 unspecified atom stereocenters. The van der Waals surface area contributed by atoms with Crippen LogP contribution in [0.2, 0.25) is 0 Å². The number of carbonyl (C=O) groups is 1. The van der Waals surface area contributed by atoms with Crippen molar-refractivity contribution in [1.82, 2.24) is 9.21 Å². The third-order valence-electron chi connectivity index (χ3n) is 4.79. The Labute approximate surface area is 142 Å². The van der Waals surface area contributed by atoms with Gasteiger partial charge in [-0.2, -0.15) is 0 Å². The first-order valence-electron chi connectivity index (χ1n) is 9.05. The molecule has 0 aliphatic carbocycles. The molecule has 1 amide bonds. The molecule has 1 fully saturated rings. The van der Waals surface area contributed by atoms with Gasteiger partial charge in [0.25, 0.3) is 0 Å². The molecule has 0 aromatic carbocycles. The van der Waals surface area contributed by atoms with E-state index < -0.39 is 10.0 Å². The topological polar surface area (TPSA) is 57.7 Å². The van der Waals surface area contributed by atoms with E-state index in [-0.39, 0.29) is 17.6 Å². The summed E-state index contributed by atoms with van der Waals surface area (Å²) in [7, 11) is -3.13. The normalized spacial score (nSPS) is 17.9. The van der Waals surface area contributed by atoms with E-state index in [2.05, 4.69) is 32.6 Å². The molecule has 0 radical (unpaired) electrons. The molecule has 0 atom stereocenters. The molecule has 0 N–H and O–H groups in total. The Hall–Kier alpha value is -0.620. The Morgan fingerprint density at radius 3 is 2.04 bits per heavy atom. The largest absolute Gasteiger partial charge is 0.339 e. The van der Waals surface area contributed by atoms with E-state index in [0.717, 1.165) is 19.4 Å². The molecular formula is C17H34N2O3S. The summed E-state index contributed by atoms with van der Waals surface area (Å²) >= 11 is 0. The Bertz CT molecular complexity index is 464. The quantitative estimate of drug-likeness (QED) is 0.679. The number of nitrogens with zero attached hydrogens (tertiary/aromatic N) is 2. The molecule has 1 heterocycles. The Balaban J connectivity index is 2.75. The van der Waals surface area contributed by atoms with Crippen molar-refractivity contribution in [3.8, 4) is 0 Å². The minimum Gasteiger partial charge on any atom is -0.339 e. The van der Waals surface area contributed by atoms with Crippen LogP contribution >= 0.6 is 0 Å². The molecule has 0 aromatic rings. The highest BCUT2D eigenvalue weighted by Crippen LogP contribution is 2.24. The SMILES string of the molecule is CCC(CC)N(CC(C)C)C(=O)C1CCN(S(=O)(=O)CC)CC1. The molecule has 0 spiro atoms. The van der Waals surface area contributed by atoms with Gasteiger partial charge in [0.2, 0.25) is 15.9 Å². The van der Waals surface area contributed by atoms with E-state index in [1.54, 1.807) is 11.2 Å². The minimum atomic E-state index is -3.13. The molecule has 1 rings (SSSR count). The van der Waals surface area contributed by atoms with Crippen LogP contribution < -0.4 is 0 Å². The molecule has 23 heavy (non-hydrogen) atoms. The Kier molecular flexibility index (Phi) is 8.01. The average molecular weight is 347 g/mol. The summed E-state index contributed by atoms with van der Waals surface area (Å²) < 4.78 is 25.4. The second-order valence-corrected chi connectivity index (χ2v) is 9.19. The van der Waals surface area contributed by atoms with Crippen LogP contribution in [0.1, 0.15) is 60.3 Å². The molecule has 1 aliphatic heterocycles. The van der Waals surface area contributed by atoms with Crippen LogP contribution in [0.3, 0.4) is 0 Å². The van der Waals surface area contributed by atoms with E-state index in [4.69, 9.17) is 0 Å². The minimum absolute atomic E-state index is 0.0299. The van der Waals surface area contributed by atoms with Crippen molar-refractivity contribution < 1.29 is 13.2 Å². The molecule has 0 aromatic heterocycles. The van der Waals surface area contributed by atoms with Crippen molar-refractivity contribution in [2.24, 2.45) is 11.8 Å². The Morgan fingerprint density at radius 1 is 1.13 bits per heavy atom. The zero-order chi connectivity index (χ0) is 17.6. The molecule has 6 heteroatoms. The fourth-order valence-electron chi connectivity index (χ4n) is 3.34. The van der Waals surface area contributed by atoms with Crippen molar-refractivity contribution in [3.63, 3.8) is 0 Å². The summed E-state index contributed by atoms with van der Waals surface area (Å²) in [5, 5.41) is 0. The van der Waals surface area contributed by atoms with Gasteiger partial charge in [-0.15, -0.1) is 0 Å². The number of piperidine rings is 1. The van der Waals surface area contributed by atoms with Crippen LogP contribution in [0.25, 0.3) is 0 Å². The maximum absolute atomic E-state index is 13.0. The molecule has 0 bridgehead atoms. The van der Waals surface area contributed by atoms with E-state index in [9.17, 15) is 13.2 Å². The highest BCUT2D eigenvalue weighted by atomic mass is 32.2. The van der Waals surface area contributed by atoms with Gasteiger partial charge in [-0.05, 0) is 38.5 Å². The third kappa shape index (κ3) is 5.45. The summed E-state index contributed by atoms with van der Waals surface area (Å²) in [6.45, 7) is 12.0. The lowest BCUT2D eigenvalue weighted by Crippen LogP contribution is -2.48. The van der Waals surface area contributed by atoms with Crippen LogP contribution in [0.5, 0.6) is 0 Å². The summed E-state index contributed by atoms with van der Waals surface area (Å²) in [6, 6.07) is 0.294. The van der Waals surface area contributed by atoms with Crippen molar-refractivity contribution in [2.75, 3.05) is 25.4 Å². The lowest BCUT2D eigenvalue weighted by atomic mass is 9.94. The molecule has 5 nitrogen and oxygen atoms in total. The van der Waals surface area contributed by atoms with Gasteiger partial charge in [-0.25, -0.2) is 12.7 Å². The van der Waals surface area contributed by atoms with Gasteiger partial charge in [0.05, 0.1) is 5.75 Å². The second-order valence-electron chi connectivity index (χ2n) is 6.93. The van der Waals surface area contributed by atoms with Gasteiger partial charge in [-0.3, -0.25) is 4.79 Å². The van der Waals surface area contributed by atoms with E-state index in [1.165, 1.54) is 0 Å². The zero-order valence-corrected chi connectivity index (χ0v) is 16.2. The van der Waals surface area contributed by atoms with Crippen LogP contribution in [-0.4, -0.2) is 55.0 Å². The van der Waals surface area contributed by atoms with Crippen molar-refractivity contribution in [3.05, 3.63) is 0 Å². The van der Waals surface area contributed by atoms with E-state index in [1.807, 2.05) is 0 Å². The van der Waals surface area contributed by atoms with Gasteiger partial charge in [-0.1, -0.05) is 27.7 Å². The third-order valence-corrected chi connectivity index (χ3v) is 6.67. The molecule has 1 saturated heterocycles. The summed E-state index contributed by atoms with van der Waals surface area (Å²) in [4.78, 5) is 15.0. The lowest BCUT2D eigenvalue weighted by Gasteiger charge is -2.37. The monoisotopic (exact) mass is 346 g/mol. The van der Waals surface area contributed by atoms with Crippen LogP contribution in [0, 0.1) is 11.8 Å². The first-order valence-corrected chi connectivity index (χ1v) is 10.7. The van der Waals surface area contributed by atoms with E-state index >= 15 is 0 Å². The van der Waals surface area contributed by atoms with Crippen LogP contribution in [-0.2, 0) is 14.8 Å². The number of sulfonamides is 1. The fourth-order valence-corrected chi connectivity index (χ4v) is 4.47. The van der Waals surface area contributed by atoms with Gasteiger partial charge in [0, 0.05) is 31.6 Å². The number of rotatable bonds is 8. The zero-order valence-electron chi connectivity index (χ0n) is 15.4. The van der Waals surface area contributed by atoms with Crippen molar-refractivity contribution >= 4 is 15.9 Å². The first kappa shape index (κ1) is 20.4.